The fraction of sp³-hybridized carbons (Fsp3) is 0.375. The van der Waals surface area contributed by atoms with Crippen molar-refractivity contribution in [1.82, 2.24) is 4.98 Å². The van der Waals surface area contributed by atoms with Crippen LogP contribution < -0.4 is 0 Å². The molecule has 0 amide bonds. The number of hydrogen-bond acceptors (Lipinski definition) is 2. The Morgan fingerprint density at radius 2 is 2.25 bits per heavy atom. The molecule has 1 nitrogen and oxygen atoms in total. The SMILES string of the molecule is CCSCc1cnc(Cl)cc1Cl. The van der Waals surface area contributed by atoms with E-state index in [1.54, 1.807) is 12.3 Å². The first kappa shape index (κ1) is 10.2. The number of pyridine rings is 1. The molecule has 0 atom stereocenters. The maximum Gasteiger partial charge on any atom is 0.130 e. The van der Waals surface area contributed by atoms with E-state index in [9.17, 15) is 0 Å². The Kier molecular flexibility index (Phi) is 4.19. The molecule has 0 aliphatic rings. The first-order chi connectivity index (χ1) is 5.74. The highest BCUT2D eigenvalue weighted by molar-refractivity contribution is 7.98. The van der Waals surface area contributed by atoms with Crippen LogP contribution in [0.4, 0.5) is 0 Å². The highest BCUT2D eigenvalue weighted by atomic mass is 35.5. The Hall–Kier alpha value is 0.0800. The lowest BCUT2D eigenvalue weighted by atomic mass is 10.3. The molecule has 1 rings (SSSR count). The van der Waals surface area contributed by atoms with E-state index < -0.39 is 0 Å². The molecule has 0 saturated carbocycles. The minimum atomic E-state index is 0.449. The Balaban J connectivity index is 2.72. The van der Waals surface area contributed by atoms with Crippen molar-refractivity contribution >= 4 is 35.0 Å². The minimum absolute atomic E-state index is 0.449. The third-order valence-electron chi connectivity index (χ3n) is 1.36. The van der Waals surface area contributed by atoms with Crippen molar-refractivity contribution in [3.63, 3.8) is 0 Å². The van der Waals surface area contributed by atoms with Crippen LogP contribution in [-0.2, 0) is 5.75 Å². The zero-order valence-corrected chi connectivity index (χ0v) is 9.01. The topological polar surface area (TPSA) is 12.9 Å². The number of nitrogens with zero attached hydrogens (tertiary/aromatic N) is 1. The molecule has 0 radical (unpaired) electrons. The van der Waals surface area contributed by atoms with Crippen molar-refractivity contribution in [3.05, 3.63) is 28.0 Å². The second kappa shape index (κ2) is 4.95. The Morgan fingerprint density at radius 3 is 2.83 bits per heavy atom. The van der Waals surface area contributed by atoms with E-state index in [2.05, 4.69) is 11.9 Å². The van der Waals surface area contributed by atoms with Crippen LogP contribution in [0.5, 0.6) is 0 Å². The van der Waals surface area contributed by atoms with E-state index >= 15 is 0 Å². The standard InChI is InChI=1S/C8H9Cl2NS/c1-2-12-5-6-4-11-8(10)3-7(6)9/h3-4H,2,5H2,1H3. The van der Waals surface area contributed by atoms with Gasteiger partial charge in [0.2, 0.25) is 0 Å². The van der Waals surface area contributed by atoms with E-state index in [1.807, 2.05) is 11.8 Å². The molecule has 0 unspecified atom stereocenters. The van der Waals surface area contributed by atoms with Gasteiger partial charge in [0.15, 0.2) is 0 Å². The average molecular weight is 222 g/mol. The van der Waals surface area contributed by atoms with Crippen LogP contribution in [-0.4, -0.2) is 10.7 Å². The molecular formula is C8H9Cl2NS. The highest BCUT2D eigenvalue weighted by Crippen LogP contribution is 2.22. The Morgan fingerprint density at radius 1 is 1.50 bits per heavy atom. The summed E-state index contributed by atoms with van der Waals surface area (Å²) in [5.74, 6) is 1.98. The summed E-state index contributed by atoms with van der Waals surface area (Å²) in [7, 11) is 0. The van der Waals surface area contributed by atoms with Crippen molar-refractivity contribution in [2.75, 3.05) is 5.75 Å². The molecule has 0 aliphatic heterocycles. The van der Waals surface area contributed by atoms with Crippen LogP contribution in [0.2, 0.25) is 10.2 Å². The lowest BCUT2D eigenvalue weighted by molar-refractivity contribution is 1.25. The van der Waals surface area contributed by atoms with Crippen molar-refractivity contribution in [1.29, 1.82) is 0 Å². The maximum atomic E-state index is 5.93. The van der Waals surface area contributed by atoms with Crippen LogP contribution in [0.1, 0.15) is 12.5 Å². The molecule has 66 valence electrons. The molecule has 4 heteroatoms. The van der Waals surface area contributed by atoms with E-state index in [-0.39, 0.29) is 0 Å². The summed E-state index contributed by atoms with van der Waals surface area (Å²) in [5, 5.41) is 1.15. The fourth-order valence-electron chi connectivity index (χ4n) is 0.754. The van der Waals surface area contributed by atoms with Crippen molar-refractivity contribution in [3.8, 4) is 0 Å². The molecule has 0 aliphatic carbocycles. The predicted molar refractivity (Wildman–Crippen MR) is 56.1 cm³/mol. The first-order valence-electron chi connectivity index (χ1n) is 3.61. The number of rotatable bonds is 3. The summed E-state index contributed by atoms with van der Waals surface area (Å²) >= 11 is 13.4. The van der Waals surface area contributed by atoms with Crippen LogP contribution >= 0.6 is 35.0 Å². The van der Waals surface area contributed by atoms with E-state index in [1.165, 1.54) is 0 Å². The summed E-state index contributed by atoms with van der Waals surface area (Å²) in [6, 6.07) is 1.68. The molecule has 0 bridgehead atoms. The van der Waals surface area contributed by atoms with E-state index in [4.69, 9.17) is 23.2 Å². The number of hydrogen-bond donors (Lipinski definition) is 0. The normalized spacial score (nSPS) is 10.2. The summed E-state index contributed by atoms with van der Waals surface area (Å²) < 4.78 is 0. The molecular weight excluding hydrogens is 213 g/mol. The quantitative estimate of drug-likeness (QED) is 0.724. The molecule has 12 heavy (non-hydrogen) atoms. The molecule has 1 aromatic heterocycles. The van der Waals surface area contributed by atoms with Gasteiger partial charge in [-0.15, -0.1) is 0 Å². The van der Waals surface area contributed by atoms with Gasteiger partial charge < -0.3 is 0 Å². The third kappa shape index (κ3) is 2.85. The molecule has 0 spiro atoms. The van der Waals surface area contributed by atoms with Gasteiger partial charge in [-0.05, 0) is 17.4 Å². The zero-order chi connectivity index (χ0) is 8.97. The highest BCUT2D eigenvalue weighted by Gasteiger charge is 2.00. The second-order valence-corrected chi connectivity index (χ2v) is 4.30. The van der Waals surface area contributed by atoms with Crippen LogP contribution in [0.15, 0.2) is 12.3 Å². The molecule has 0 N–H and O–H groups in total. The van der Waals surface area contributed by atoms with Gasteiger partial charge in [0.1, 0.15) is 5.15 Å². The van der Waals surface area contributed by atoms with E-state index in [0.717, 1.165) is 17.1 Å². The number of halogens is 2. The zero-order valence-electron chi connectivity index (χ0n) is 6.68. The van der Waals surface area contributed by atoms with E-state index in [0.29, 0.717) is 10.2 Å². The summed E-state index contributed by atoms with van der Waals surface area (Å²) in [6.07, 6.45) is 1.73. The van der Waals surface area contributed by atoms with Crippen molar-refractivity contribution < 1.29 is 0 Å². The molecule has 1 aromatic rings. The van der Waals surface area contributed by atoms with Crippen LogP contribution in [0.3, 0.4) is 0 Å². The lowest BCUT2D eigenvalue weighted by Crippen LogP contribution is -1.85. The van der Waals surface area contributed by atoms with Gasteiger partial charge in [0.25, 0.3) is 0 Å². The van der Waals surface area contributed by atoms with Gasteiger partial charge in [-0.1, -0.05) is 30.1 Å². The van der Waals surface area contributed by atoms with Gasteiger partial charge in [-0.3, -0.25) is 0 Å². The van der Waals surface area contributed by atoms with Gasteiger partial charge >= 0.3 is 0 Å². The third-order valence-corrected chi connectivity index (χ3v) is 2.84. The molecule has 0 fully saturated rings. The molecule has 0 aromatic carbocycles. The molecule has 0 saturated heterocycles. The van der Waals surface area contributed by atoms with Crippen molar-refractivity contribution in [2.45, 2.75) is 12.7 Å². The minimum Gasteiger partial charge on any atom is -0.244 e. The number of thioether (sulfide) groups is 1. The van der Waals surface area contributed by atoms with Gasteiger partial charge in [-0.25, -0.2) is 4.98 Å². The largest absolute Gasteiger partial charge is 0.244 e. The smallest absolute Gasteiger partial charge is 0.130 e. The monoisotopic (exact) mass is 221 g/mol. The fourth-order valence-corrected chi connectivity index (χ4v) is 1.92. The van der Waals surface area contributed by atoms with Gasteiger partial charge in [0.05, 0.1) is 0 Å². The Labute approximate surface area is 86.5 Å². The van der Waals surface area contributed by atoms with Gasteiger partial charge in [-0.2, -0.15) is 11.8 Å². The maximum absolute atomic E-state index is 5.93. The van der Waals surface area contributed by atoms with Crippen LogP contribution in [0.25, 0.3) is 0 Å². The predicted octanol–water partition coefficient (Wildman–Crippen LogP) is 3.64. The molecule has 1 heterocycles. The van der Waals surface area contributed by atoms with Crippen LogP contribution in [0, 0.1) is 0 Å². The number of aromatic nitrogens is 1. The van der Waals surface area contributed by atoms with Gasteiger partial charge in [0, 0.05) is 17.0 Å². The Bertz CT molecular complexity index is 265. The summed E-state index contributed by atoms with van der Waals surface area (Å²) in [4.78, 5) is 3.96. The first-order valence-corrected chi connectivity index (χ1v) is 5.52. The average Bonchev–Trinajstić information content (AvgIpc) is 2.03. The summed E-state index contributed by atoms with van der Waals surface area (Å²) in [5.41, 5.74) is 1.05. The lowest BCUT2D eigenvalue weighted by Gasteiger charge is -2.01. The van der Waals surface area contributed by atoms with Crippen molar-refractivity contribution in [2.24, 2.45) is 0 Å². The second-order valence-electron chi connectivity index (χ2n) is 2.24. The summed E-state index contributed by atoms with van der Waals surface area (Å²) in [6.45, 7) is 2.11.